The van der Waals surface area contributed by atoms with Crippen molar-refractivity contribution in [1.82, 2.24) is 0 Å². The van der Waals surface area contributed by atoms with Gasteiger partial charge in [0.2, 0.25) is 0 Å². The van der Waals surface area contributed by atoms with Crippen LogP contribution in [0.15, 0.2) is 47.1 Å². The Kier molecular flexibility index (Phi) is 3.75. The number of rotatable bonds is 2. The summed E-state index contributed by atoms with van der Waals surface area (Å²) in [5.74, 6) is 0. The topological polar surface area (TPSA) is 0 Å². The van der Waals surface area contributed by atoms with Crippen molar-refractivity contribution < 1.29 is 0 Å². The highest BCUT2D eigenvalue weighted by atomic mass is 14.1. The SMILES string of the molecule is CC(C)=C/C=C(\C)C1=CC=CCC1. The standard InChI is InChI=1S/C13H18/c1-11(2)9-10-12(3)13-7-5-4-6-8-13/h4-5,7,9-10H,6,8H2,1-3H3/b12-10+. The van der Waals surface area contributed by atoms with Crippen molar-refractivity contribution in [3.8, 4) is 0 Å². The molecule has 0 heterocycles. The van der Waals surface area contributed by atoms with Crippen molar-refractivity contribution in [2.24, 2.45) is 0 Å². The van der Waals surface area contributed by atoms with Crippen molar-refractivity contribution in [2.45, 2.75) is 33.6 Å². The summed E-state index contributed by atoms with van der Waals surface area (Å²) in [6.45, 7) is 6.43. The summed E-state index contributed by atoms with van der Waals surface area (Å²) < 4.78 is 0. The predicted molar refractivity (Wildman–Crippen MR) is 59.6 cm³/mol. The van der Waals surface area contributed by atoms with Gasteiger partial charge in [0.1, 0.15) is 0 Å². The Morgan fingerprint density at radius 2 is 2.00 bits per heavy atom. The molecule has 0 bridgehead atoms. The summed E-state index contributed by atoms with van der Waals surface area (Å²) in [6.07, 6.45) is 13.3. The van der Waals surface area contributed by atoms with E-state index in [1.54, 1.807) is 0 Å². The first-order valence-electron chi connectivity index (χ1n) is 4.88. The van der Waals surface area contributed by atoms with Gasteiger partial charge in [-0.1, -0.05) is 36.0 Å². The van der Waals surface area contributed by atoms with Crippen LogP contribution >= 0.6 is 0 Å². The molecule has 0 atom stereocenters. The lowest BCUT2D eigenvalue weighted by Gasteiger charge is -2.08. The lowest BCUT2D eigenvalue weighted by Crippen LogP contribution is -1.88. The summed E-state index contributed by atoms with van der Waals surface area (Å²) in [4.78, 5) is 0. The first kappa shape index (κ1) is 10.0. The van der Waals surface area contributed by atoms with Gasteiger partial charge in [-0.2, -0.15) is 0 Å². The Bertz CT molecular complexity index is 281. The second-order valence-corrected chi connectivity index (χ2v) is 3.75. The molecule has 0 unspecified atom stereocenters. The Balaban J connectivity index is 2.71. The molecule has 0 nitrogen and oxygen atoms in total. The fourth-order valence-electron chi connectivity index (χ4n) is 1.33. The predicted octanol–water partition coefficient (Wildman–Crippen LogP) is 4.18. The van der Waals surface area contributed by atoms with Crippen LogP contribution in [0, 0.1) is 0 Å². The van der Waals surface area contributed by atoms with Gasteiger partial charge >= 0.3 is 0 Å². The van der Waals surface area contributed by atoms with E-state index >= 15 is 0 Å². The first-order chi connectivity index (χ1) is 6.20. The van der Waals surface area contributed by atoms with Crippen molar-refractivity contribution in [1.29, 1.82) is 0 Å². The van der Waals surface area contributed by atoms with Crippen LogP contribution in [0.3, 0.4) is 0 Å². The van der Waals surface area contributed by atoms with Crippen LogP contribution in [0.2, 0.25) is 0 Å². The van der Waals surface area contributed by atoms with Gasteiger partial charge in [-0.05, 0) is 44.8 Å². The molecule has 0 aliphatic heterocycles. The van der Waals surface area contributed by atoms with E-state index in [1.807, 2.05) is 0 Å². The van der Waals surface area contributed by atoms with Gasteiger partial charge < -0.3 is 0 Å². The maximum absolute atomic E-state index is 2.22. The maximum atomic E-state index is 2.22. The molecule has 0 aromatic carbocycles. The molecule has 0 heteroatoms. The molecule has 0 aromatic heterocycles. The fourth-order valence-corrected chi connectivity index (χ4v) is 1.33. The Morgan fingerprint density at radius 3 is 2.54 bits per heavy atom. The smallest absolute Gasteiger partial charge is 0.0241 e. The van der Waals surface area contributed by atoms with Crippen LogP contribution in [-0.4, -0.2) is 0 Å². The molecular weight excluding hydrogens is 156 g/mol. The van der Waals surface area contributed by atoms with E-state index in [1.165, 1.54) is 29.6 Å². The minimum Gasteiger partial charge on any atom is -0.0842 e. The van der Waals surface area contributed by atoms with Gasteiger partial charge in [-0.25, -0.2) is 0 Å². The molecule has 1 aliphatic rings. The van der Waals surface area contributed by atoms with E-state index in [4.69, 9.17) is 0 Å². The zero-order chi connectivity index (χ0) is 9.68. The van der Waals surface area contributed by atoms with Crippen molar-refractivity contribution in [2.75, 3.05) is 0 Å². The van der Waals surface area contributed by atoms with Crippen LogP contribution < -0.4 is 0 Å². The zero-order valence-corrected chi connectivity index (χ0v) is 8.80. The lowest BCUT2D eigenvalue weighted by molar-refractivity contribution is 0.968. The molecule has 0 N–H and O–H groups in total. The Morgan fingerprint density at radius 1 is 1.23 bits per heavy atom. The van der Waals surface area contributed by atoms with E-state index in [2.05, 4.69) is 51.2 Å². The normalized spacial score (nSPS) is 16.8. The minimum atomic E-state index is 1.19. The third-order valence-corrected chi connectivity index (χ3v) is 2.19. The molecule has 70 valence electrons. The molecule has 1 rings (SSSR count). The zero-order valence-electron chi connectivity index (χ0n) is 8.80. The third-order valence-electron chi connectivity index (χ3n) is 2.19. The van der Waals surface area contributed by atoms with Crippen LogP contribution in [0.5, 0.6) is 0 Å². The highest BCUT2D eigenvalue weighted by Gasteiger charge is 1.99. The highest BCUT2D eigenvalue weighted by Crippen LogP contribution is 2.19. The van der Waals surface area contributed by atoms with Gasteiger partial charge in [0.15, 0.2) is 0 Å². The quantitative estimate of drug-likeness (QED) is 0.551. The van der Waals surface area contributed by atoms with Crippen LogP contribution in [0.4, 0.5) is 0 Å². The van der Waals surface area contributed by atoms with Gasteiger partial charge in [0.05, 0.1) is 0 Å². The molecule has 0 aromatic rings. The average Bonchev–Trinajstić information content (AvgIpc) is 2.15. The summed E-state index contributed by atoms with van der Waals surface area (Å²) in [6, 6.07) is 0. The van der Waals surface area contributed by atoms with E-state index in [-0.39, 0.29) is 0 Å². The fraction of sp³-hybridized carbons (Fsp3) is 0.385. The van der Waals surface area contributed by atoms with E-state index < -0.39 is 0 Å². The lowest BCUT2D eigenvalue weighted by atomic mass is 9.98. The third kappa shape index (κ3) is 3.45. The van der Waals surface area contributed by atoms with E-state index in [0.29, 0.717) is 0 Å². The highest BCUT2D eigenvalue weighted by molar-refractivity contribution is 5.36. The molecule has 0 saturated carbocycles. The van der Waals surface area contributed by atoms with Crippen molar-refractivity contribution in [3.63, 3.8) is 0 Å². The molecular formula is C13H18. The Hall–Kier alpha value is -1.04. The maximum Gasteiger partial charge on any atom is -0.0241 e. The Labute approximate surface area is 81.4 Å². The van der Waals surface area contributed by atoms with Gasteiger partial charge in [-0.3, -0.25) is 0 Å². The van der Waals surface area contributed by atoms with Crippen LogP contribution in [0.1, 0.15) is 33.6 Å². The van der Waals surface area contributed by atoms with Crippen molar-refractivity contribution >= 4 is 0 Å². The van der Waals surface area contributed by atoms with Gasteiger partial charge in [0, 0.05) is 0 Å². The molecule has 0 saturated heterocycles. The summed E-state index contributed by atoms with van der Waals surface area (Å²) in [7, 11) is 0. The van der Waals surface area contributed by atoms with Crippen molar-refractivity contribution in [3.05, 3.63) is 47.1 Å². The molecule has 0 spiro atoms. The van der Waals surface area contributed by atoms with Crippen LogP contribution in [0.25, 0.3) is 0 Å². The minimum absolute atomic E-state index is 1.19. The molecule has 13 heavy (non-hydrogen) atoms. The second kappa shape index (κ2) is 4.86. The van der Waals surface area contributed by atoms with E-state index in [0.717, 1.165) is 0 Å². The number of hydrogen-bond acceptors (Lipinski definition) is 0. The largest absolute Gasteiger partial charge is 0.0842 e. The van der Waals surface area contributed by atoms with E-state index in [9.17, 15) is 0 Å². The molecule has 0 fully saturated rings. The molecule has 0 amide bonds. The van der Waals surface area contributed by atoms with Gasteiger partial charge in [0.25, 0.3) is 0 Å². The second-order valence-electron chi connectivity index (χ2n) is 3.75. The molecule has 1 aliphatic carbocycles. The average molecular weight is 174 g/mol. The molecule has 0 radical (unpaired) electrons. The van der Waals surface area contributed by atoms with Crippen LogP contribution in [-0.2, 0) is 0 Å². The first-order valence-corrected chi connectivity index (χ1v) is 4.88. The number of hydrogen-bond donors (Lipinski definition) is 0. The summed E-state index contributed by atoms with van der Waals surface area (Å²) in [5, 5.41) is 0. The summed E-state index contributed by atoms with van der Waals surface area (Å²) in [5.41, 5.74) is 4.22. The summed E-state index contributed by atoms with van der Waals surface area (Å²) >= 11 is 0. The monoisotopic (exact) mass is 174 g/mol. The van der Waals surface area contributed by atoms with Gasteiger partial charge in [-0.15, -0.1) is 0 Å². The number of allylic oxidation sites excluding steroid dienone is 8.